The summed E-state index contributed by atoms with van der Waals surface area (Å²) in [6.07, 6.45) is 1.28. The fraction of sp³-hybridized carbons (Fsp3) is 0.364. The van der Waals surface area contributed by atoms with Crippen LogP contribution in [-0.2, 0) is 13.0 Å². The highest BCUT2D eigenvalue weighted by Gasteiger charge is 2.30. The Morgan fingerprint density at radius 2 is 1.93 bits per heavy atom. The van der Waals surface area contributed by atoms with Crippen molar-refractivity contribution in [1.29, 1.82) is 0 Å². The smallest absolute Gasteiger partial charge is 0.322 e. The Kier molecular flexibility index (Phi) is 5.41. The molecule has 1 atom stereocenters. The molecule has 1 heterocycles. The molecule has 1 aliphatic heterocycles. The minimum absolute atomic E-state index is 0.0720. The highest BCUT2D eigenvalue weighted by Crippen LogP contribution is 2.25. The van der Waals surface area contributed by atoms with Crippen LogP contribution >= 0.6 is 0 Å². The SMILES string of the molecule is O=C1CCc2cc(NC(=O)N3CCN(Cc4ccccc4)C[C@@H]3CO)ccc21. The Morgan fingerprint density at radius 1 is 1.11 bits per heavy atom. The molecule has 6 heteroatoms. The van der Waals surface area contributed by atoms with Gasteiger partial charge in [0.2, 0.25) is 0 Å². The normalized spacial score (nSPS) is 19.5. The number of piperazine rings is 1. The van der Waals surface area contributed by atoms with Crippen molar-refractivity contribution in [2.24, 2.45) is 0 Å². The third-order valence-corrected chi connectivity index (χ3v) is 5.57. The number of nitrogens with one attached hydrogen (secondary N) is 1. The number of amides is 2. The molecule has 2 N–H and O–H groups in total. The summed E-state index contributed by atoms with van der Waals surface area (Å²) >= 11 is 0. The van der Waals surface area contributed by atoms with Gasteiger partial charge in [0.25, 0.3) is 0 Å². The van der Waals surface area contributed by atoms with Crippen molar-refractivity contribution >= 4 is 17.5 Å². The summed E-state index contributed by atoms with van der Waals surface area (Å²) in [4.78, 5) is 28.5. The summed E-state index contributed by atoms with van der Waals surface area (Å²) in [5, 5.41) is 12.8. The van der Waals surface area contributed by atoms with Crippen LogP contribution in [0.2, 0.25) is 0 Å². The van der Waals surface area contributed by atoms with E-state index >= 15 is 0 Å². The summed E-state index contributed by atoms with van der Waals surface area (Å²) in [7, 11) is 0. The van der Waals surface area contributed by atoms with Crippen LogP contribution in [0, 0.1) is 0 Å². The van der Waals surface area contributed by atoms with Crippen LogP contribution in [0.4, 0.5) is 10.5 Å². The second-order valence-electron chi connectivity index (χ2n) is 7.48. The molecule has 0 aromatic heterocycles. The first-order valence-electron chi connectivity index (χ1n) is 9.75. The number of carbonyl (C=O) groups is 2. The molecule has 146 valence electrons. The molecule has 0 unspecified atom stereocenters. The van der Waals surface area contributed by atoms with E-state index in [-0.39, 0.29) is 24.5 Å². The van der Waals surface area contributed by atoms with Crippen molar-refractivity contribution in [2.75, 3.05) is 31.6 Å². The van der Waals surface area contributed by atoms with E-state index in [1.807, 2.05) is 24.3 Å². The van der Waals surface area contributed by atoms with Gasteiger partial charge >= 0.3 is 6.03 Å². The summed E-state index contributed by atoms with van der Waals surface area (Å²) in [6, 6.07) is 15.2. The molecular formula is C22H25N3O3. The van der Waals surface area contributed by atoms with Gasteiger partial charge in [-0.2, -0.15) is 0 Å². The molecule has 1 aliphatic carbocycles. The van der Waals surface area contributed by atoms with Gasteiger partial charge in [0.15, 0.2) is 5.78 Å². The Bertz CT molecular complexity index is 869. The average molecular weight is 379 g/mol. The maximum absolute atomic E-state index is 12.8. The predicted molar refractivity (Wildman–Crippen MR) is 107 cm³/mol. The number of aliphatic hydroxyl groups is 1. The Morgan fingerprint density at radius 3 is 2.71 bits per heavy atom. The second-order valence-corrected chi connectivity index (χ2v) is 7.48. The number of anilines is 1. The van der Waals surface area contributed by atoms with Gasteiger partial charge in [-0.15, -0.1) is 0 Å². The molecule has 0 bridgehead atoms. The van der Waals surface area contributed by atoms with Gasteiger partial charge in [-0.25, -0.2) is 4.79 Å². The summed E-state index contributed by atoms with van der Waals surface area (Å²) < 4.78 is 0. The standard InChI is InChI=1S/C22H25N3O3/c26-15-19-14-24(13-16-4-2-1-3-5-16)10-11-25(19)22(28)23-18-7-8-20-17(12-18)6-9-21(20)27/h1-5,7-8,12,19,26H,6,9-11,13-15H2,(H,23,28)/t19-/m1/s1. The van der Waals surface area contributed by atoms with E-state index in [0.717, 1.165) is 30.6 Å². The van der Waals surface area contributed by atoms with E-state index in [4.69, 9.17) is 0 Å². The Hall–Kier alpha value is -2.70. The first-order valence-corrected chi connectivity index (χ1v) is 9.75. The second kappa shape index (κ2) is 8.12. The van der Waals surface area contributed by atoms with Gasteiger partial charge in [0.05, 0.1) is 12.6 Å². The lowest BCUT2D eigenvalue weighted by molar-refractivity contribution is 0.0623. The number of urea groups is 1. The van der Waals surface area contributed by atoms with Crippen LogP contribution in [-0.4, -0.2) is 59.0 Å². The number of aliphatic hydroxyl groups excluding tert-OH is 1. The predicted octanol–water partition coefficient (Wildman–Crippen LogP) is 2.53. The number of aryl methyl sites for hydroxylation is 1. The number of hydrogen-bond donors (Lipinski definition) is 2. The van der Waals surface area contributed by atoms with Crippen molar-refractivity contribution in [2.45, 2.75) is 25.4 Å². The third kappa shape index (κ3) is 3.93. The number of nitrogens with zero attached hydrogens (tertiary/aromatic N) is 2. The number of carbonyl (C=O) groups excluding carboxylic acids is 2. The summed E-state index contributed by atoms with van der Waals surface area (Å²) in [5.41, 5.74) is 3.68. The van der Waals surface area contributed by atoms with E-state index in [1.165, 1.54) is 5.56 Å². The number of benzene rings is 2. The van der Waals surface area contributed by atoms with Gasteiger partial charge in [0, 0.05) is 43.9 Å². The molecule has 2 aliphatic rings. The fourth-order valence-electron chi connectivity index (χ4n) is 4.06. The van der Waals surface area contributed by atoms with Crippen LogP contribution < -0.4 is 5.32 Å². The van der Waals surface area contributed by atoms with Crippen LogP contribution in [0.3, 0.4) is 0 Å². The maximum Gasteiger partial charge on any atom is 0.322 e. The monoisotopic (exact) mass is 379 g/mol. The van der Waals surface area contributed by atoms with E-state index in [0.29, 0.717) is 25.2 Å². The molecule has 0 radical (unpaired) electrons. The van der Waals surface area contributed by atoms with Crippen LogP contribution in [0.15, 0.2) is 48.5 Å². The molecule has 6 nitrogen and oxygen atoms in total. The summed E-state index contributed by atoms with van der Waals surface area (Å²) in [6.45, 7) is 2.70. The van der Waals surface area contributed by atoms with E-state index in [1.54, 1.807) is 17.0 Å². The number of Topliss-reactive ketones (excluding diaryl/α,β-unsaturated/α-hetero) is 1. The molecule has 2 aromatic rings. The Balaban J connectivity index is 1.38. The van der Waals surface area contributed by atoms with Crippen molar-refractivity contribution < 1.29 is 14.7 Å². The zero-order valence-corrected chi connectivity index (χ0v) is 15.8. The lowest BCUT2D eigenvalue weighted by atomic mass is 10.1. The number of rotatable bonds is 4. The number of hydrogen-bond acceptors (Lipinski definition) is 4. The first kappa shape index (κ1) is 18.7. The van der Waals surface area contributed by atoms with E-state index < -0.39 is 0 Å². The number of fused-ring (bicyclic) bond motifs is 1. The van der Waals surface area contributed by atoms with Gasteiger partial charge in [-0.1, -0.05) is 30.3 Å². The molecule has 4 rings (SSSR count). The highest BCUT2D eigenvalue weighted by molar-refractivity contribution is 6.01. The van der Waals surface area contributed by atoms with E-state index in [2.05, 4.69) is 22.3 Å². The van der Waals surface area contributed by atoms with Crippen molar-refractivity contribution in [3.8, 4) is 0 Å². The maximum atomic E-state index is 12.8. The molecule has 1 fully saturated rings. The topological polar surface area (TPSA) is 72.9 Å². The zero-order chi connectivity index (χ0) is 19.5. The van der Waals surface area contributed by atoms with Crippen molar-refractivity contribution in [3.63, 3.8) is 0 Å². The first-order chi connectivity index (χ1) is 13.6. The molecule has 0 spiro atoms. The summed E-state index contributed by atoms with van der Waals surface area (Å²) in [5.74, 6) is 0.169. The average Bonchev–Trinajstić information content (AvgIpc) is 3.08. The number of ketones is 1. The molecular weight excluding hydrogens is 354 g/mol. The van der Waals surface area contributed by atoms with Crippen LogP contribution in [0.1, 0.15) is 27.9 Å². The van der Waals surface area contributed by atoms with E-state index in [9.17, 15) is 14.7 Å². The van der Waals surface area contributed by atoms with Crippen LogP contribution in [0.5, 0.6) is 0 Å². The lowest BCUT2D eigenvalue weighted by Crippen LogP contribution is -2.57. The molecule has 2 aromatic carbocycles. The quantitative estimate of drug-likeness (QED) is 0.856. The van der Waals surface area contributed by atoms with Gasteiger partial charge in [-0.05, 0) is 35.7 Å². The minimum atomic E-state index is -0.242. The Labute approximate surface area is 164 Å². The van der Waals surface area contributed by atoms with Crippen molar-refractivity contribution in [1.82, 2.24) is 9.80 Å². The lowest BCUT2D eigenvalue weighted by Gasteiger charge is -2.40. The van der Waals surface area contributed by atoms with Crippen molar-refractivity contribution in [3.05, 3.63) is 65.2 Å². The van der Waals surface area contributed by atoms with Gasteiger partial charge < -0.3 is 15.3 Å². The third-order valence-electron chi connectivity index (χ3n) is 5.57. The zero-order valence-electron chi connectivity index (χ0n) is 15.8. The van der Waals surface area contributed by atoms with Gasteiger partial charge in [-0.3, -0.25) is 9.69 Å². The highest BCUT2D eigenvalue weighted by atomic mass is 16.3. The fourth-order valence-corrected chi connectivity index (χ4v) is 4.06. The largest absolute Gasteiger partial charge is 0.394 e. The van der Waals surface area contributed by atoms with Crippen LogP contribution in [0.25, 0.3) is 0 Å². The molecule has 28 heavy (non-hydrogen) atoms. The molecule has 1 saturated heterocycles. The molecule has 0 saturated carbocycles. The minimum Gasteiger partial charge on any atom is -0.394 e. The molecule has 2 amide bonds. The van der Waals surface area contributed by atoms with Gasteiger partial charge in [0.1, 0.15) is 0 Å².